The SMILES string of the molecule is CCOC(=O)c1ccc(NC(=O)CSc2nnc(CNC(=O)c3ccc(Cl)cc3Cl)n2C)cc1. The molecule has 0 saturated heterocycles. The first-order valence-corrected chi connectivity index (χ1v) is 11.8. The van der Waals surface area contributed by atoms with Crippen LogP contribution in [0.25, 0.3) is 0 Å². The molecule has 0 radical (unpaired) electrons. The Labute approximate surface area is 210 Å². The van der Waals surface area contributed by atoms with Gasteiger partial charge in [0.2, 0.25) is 5.91 Å². The van der Waals surface area contributed by atoms with Gasteiger partial charge in [0, 0.05) is 17.8 Å². The van der Waals surface area contributed by atoms with Crippen LogP contribution in [0.5, 0.6) is 0 Å². The van der Waals surface area contributed by atoms with Crippen molar-refractivity contribution in [2.75, 3.05) is 17.7 Å². The maximum atomic E-state index is 12.4. The van der Waals surface area contributed by atoms with Crippen LogP contribution in [-0.4, -0.2) is 44.9 Å². The van der Waals surface area contributed by atoms with Gasteiger partial charge in [0.05, 0.1) is 35.1 Å². The molecule has 0 saturated carbocycles. The van der Waals surface area contributed by atoms with Gasteiger partial charge in [0.25, 0.3) is 5.91 Å². The number of ether oxygens (including phenoxy) is 1. The number of hydrogen-bond donors (Lipinski definition) is 2. The van der Waals surface area contributed by atoms with Crippen molar-refractivity contribution in [1.29, 1.82) is 0 Å². The number of esters is 1. The van der Waals surface area contributed by atoms with E-state index in [0.717, 1.165) is 0 Å². The van der Waals surface area contributed by atoms with Gasteiger partial charge in [-0.25, -0.2) is 4.79 Å². The third kappa shape index (κ3) is 6.72. The van der Waals surface area contributed by atoms with Crippen molar-refractivity contribution in [2.24, 2.45) is 7.05 Å². The second-order valence-electron chi connectivity index (χ2n) is 6.90. The summed E-state index contributed by atoms with van der Waals surface area (Å²) in [6, 6.07) is 11.0. The molecule has 0 aliphatic carbocycles. The normalized spacial score (nSPS) is 10.6. The largest absolute Gasteiger partial charge is 0.462 e. The minimum absolute atomic E-state index is 0.0956. The Morgan fingerprint density at radius 2 is 1.82 bits per heavy atom. The highest BCUT2D eigenvalue weighted by molar-refractivity contribution is 7.99. The Balaban J connectivity index is 1.50. The highest BCUT2D eigenvalue weighted by Crippen LogP contribution is 2.21. The van der Waals surface area contributed by atoms with Gasteiger partial charge in [-0.15, -0.1) is 10.2 Å². The summed E-state index contributed by atoms with van der Waals surface area (Å²) in [5.41, 5.74) is 1.27. The minimum Gasteiger partial charge on any atom is -0.462 e. The summed E-state index contributed by atoms with van der Waals surface area (Å²) >= 11 is 13.1. The van der Waals surface area contributed by atoms with E-state index in [9.17, 15) is 14.4 Å². The molecule has 0 spiro atoms. The number of anilines is 1. The van der Waals surface area contributed by atoms with Gasteiger partial charge in [-0.2, -0.15) is 0 Å². The molecule has 0 atom stereocenters. The summed E-state index contributed by atoms with van der Waals surface area (Å²) in [6.45, 7) is 2.15. The van der Waals surface area contributed by atoms with E-state index in [1.54, 1.807) is 54.9 Å². The van der Waals surface area contributed by atoms with E-state index in [-0.39, 0.29) is 29.1 Å². The lowest BCUT2D eigenvalue weighted by atomic mass is 10.2. The number of nitrogens with one attached hydrogen (secondary N) is 2. The molecule has 178 valence electrons. The number of hydrogen-bond acceptors (Lipinski definition) is 7. The first-order chi connectivity index (χ1) is 16.3. The Kier molecular flexibility index (Phi) is 8.91. The van der Waals surface area contributed by atoms with Crippen molar-refractivity contribution in [3.05, 3.63) is 69.5 Å². The molecule has 0 unspecified atom stereocenters. The van der Waals surface area contributed by atoms with Crippen LogP contribution in [0.15, 0.2) is 47.6 Å². The van der Waals surface area contributed by atoms with Crippen LogP contribution < -0.4 is 10.6 Å². The fraction of sp³-hybridized carbons (Fsp3) is 0.227. The first kappa shape index (κ1) is 25.5. The maximum Gasteiger partial charge on any atom is 0.338 e. The average Bonchev–Trinajstić information content (AvgIpc) is 3.16. The van der Waals surface area contributed by atoms with Crippen LogP contribution in [0, 0.1) is 0 Å². The molecule has 0 bridgehead atoms. The minimum atomic E-state index is -0.415. The van der Waals surface area contributed by atoms with Crippen LogP contribution in [0.4, 0.5) is 5.69 Å². The van der Waals surface area contributed by atoms with Crippen LogP contribution in [0.2, 0.25) is 10.0 Å². The number of thioether (sulfide) groups is 1. The van der Waals surface area contributed by atoms with E-state index < -0.39 is 5.97 Å². The summed E-state index contributed by atoms with van der Waals surface area (Å²) in [5.74, 6) is -0.424. The van der Waals surface area contributed by atoms with Crippen LogP contribution >= 0.6 is 35.0 Å². The number of rotatable bonds is 9. The number of carbonyl (C=O) groups excluding carboxylic acids is 3. The van der Waals surface area contributed by atoms with Gasteiger partial charge in [-0.05, 0) is 49.4 Å². The predicted molar refractivity (Wildman–Crippen MR) is 130 cm³/mol. The zero-order valence-corrected chi connectivity index (χ0v) is 20.6. The molecule has 2 aromatic carbocycles. The molecule has 2 N–H and O–H groups in total. The Bertz CT molecular complexity index is 1200. The zero-order valence-electron chi connectivity index (χ0n) is 18.3. The highest BCUT2D eigenvalue weighted by Gasteiger charge is 2.15. The molecule has 1 aromatic heterocycles. The predicted octanol–water partition coefficient (Wildman–Crippen LogP) is 3.96. The topological polar surface area (TPSA) is 115 Å². The molecule has 2 amide bonds. The van der Waals surface area contributed by atoms with Gasteiger partial charge >= 0.3 is 5.97 Å². The van der Waals surface area contributed by atoms with Gasteiger partial charge < -0.3 is 19.9 Å². The second-order valence-corrected chi connectivity index (χ2v) is 8.69. The zero-order chi connectivity index (χ0) is 24.7. The third-order valence-corrected chi connectivity index (χ3v) is 6.09. The second kappa shape index (κ2) is 11.9. The lowest BCUT2D eigenvalue weighted by Crippen LogP contribution is -2.24. The molecule has 0 aliphatic rings. The van der Waals surface area contributed by atoms with Crippen LogP contribution in [0.1, 0.15) is 33.5 Å². The van der Waals surface area contributed by atoms with Crippen LogP contribution in [-0.2, 0) is 23.1 Å². The van der Waals surface area contributed by atoms with E-state index in [0.29, 0.717) is 39.4 Å². The van der Waals surface area contributed by atoms with E-state index >= 15 is 0 Å². The molecule has 12 heteroatoms. The van der Waals surface area contributed by atoms with Gasteiger partial charge in [0.1, 0.15) is 0 Å². The summed E-state index contributed by atoms with van der Waals surface area (Å²) in [6.07, 6.45) is 0. The lowest BCUT2D eigenvalue weighted by Gasteiger charge is -2.08. The summed E-state index contributed by atoms with van der Waals surface area (Å²) in [7, 11) is 1.74. The fourth-order valence-electron chi connectivity index (χ4n) is 2.78. The number of aromatic nitrogens is 3. The molecule has 3 aromatic rings. The Hall–Kier alpha value is -3.08. The molecular formula is C22H21Cl2N5O4S. The molecule has 3 rings (SSSR count). The van der Waals surface area contributed by atoms with E-state index in [1.807, 2.05) is 0 Å². The smallest absolute Gasteiger partial charge is 0.338 e. The molecule has 1 heterocycles. The van der Waals surface area contributed by atoms with Gasteiger partial charge in [0.15, 0.2) is 11.0 Å². The highest BCUT2D eigenvalue weighted by atomic mass is 35.5. The Morgan fingerprint density at radius 1 is 1.09 bits per heavy atom. The number of carbonyl (C=O) groups is 3. The van der Waals surface area contributed by atoms with Crippen molar-refractivity contribution in [2.45, 2.75) is 18.6 Å². The Morgan fingerprint density at radius 3 is 2.50 bits per heavy atom. The van der Waals surface area contributed by atoms with E-state index in [1.165, 1.54) is 17.8 Å². The molecule has 0 fully saturated rings. The third-order valence-electron chi connectivity index (χ3n) is 4.52. The number of amides is 2. The standard InChI is InChI=1S/C22H21Cl2N5O4S/c1-3-33-21(32)13-4-7-15(8-5-13)26-19(30)12-34-22-28-27-18(29(22)2)11-25-20(31)16-9-6-14(23)10-17(16)24/h4-10H,3,11-12H2,1-2H3,(H,25,31)(H,26,30). The van der Waals surface area contributed by atoms with E-state index in [4.69, 9.17) is 27.9 Å². The average molecular weight is 522 g/mol. The van der Waals surface area contributed by atoms with Crippen molar-refractivity contribution >= 4 is 58.4 Å². The number of nitrogens with zero attached hydrogens (tertiary/aromatic N) is 3. The molecule has 34 heavy (non-hydrogen) atoms. The molecular weight excluding hydrogens is 501 g/mol. The van der Waals surface area contributed by atoms with Gasteiger partial charge in [-0.1, -0.05) is 35.0 Å². The lowest BCUT2D eigenvalue weighted by molar-refractivity contribution is -0.113. The van der Waals surface area contributed by atoms with Gasteiger partial charge in [-0.3, -0.25) is 9.59 Å². The maximum absolute atomic E-state index is 12.4. The van der Waals surface area contributed by atoms with Crippen molar-refractivity contribution in [3.8, 4) is 0 Å². The summed E-state index contributed by atoms with van der Waals surface area (Å²) in [4.78, 5) is 36.4. The van der Waals surface area contributed by atoms with Crippen molar-refractivity contribution in [1.82, 2.24) is 20.1 Å². The van der Waals surface area contributed by atoms with Crippen molar-refractivity contribution in [3.63, 3.8) is 0 Å². The fourth-order valence-corrected chi connectivity index (χ4v) is 4.01. The first-order valence-electron chi connectivity index (χ1n) is 10.1. The molecule has 9 nitrogen and oxygen atoms in total. The molecule has 0 aliphatic heterocycles. The summed E-state index contributed by atoms with van der Waals surface area (Å²) < 4.78 is 6.62. The van der Waals surface area contributed by atoms with Crippen LogP contribution in [0.3, 0.4) is 0 Å². The van der Waals surface area contributed by atoms with E-state index in [2.05, 4.69) is 20.8 Å². The monoisotopic (exact) mass is 521 g/mol. The van der Waals surface area contributed by atoms with Crippen molar-refractivity contribution < 1.29 is 19.1 Å². The summed E-state index contributed by atoms with van der Waals surface area (Å²) in [5, 5.41) is 14.8. The number of benzene rings is 2. The number of halogens is 2. The quantitative estimate of drug-likeness (QED) is 0.323.